The monoisotopic (exact) mass is 427 g/mol. The molecule has 0 spiro atoms. The van der Waals surface area contributed by atoms with Gasteiger partial charge in [0.1, 0.15) is 5.82 Å². The van der Waals surface area contributed by atoms with Crippen LogP contribution in [-0.4, -0.2) is 22.0 Å². The minimum Gasteiger partial charge on any atom is -0.324 e. The molecule has 0 bridgehead atoms. The standard InChI is InChI=1S/C26H22ClN3O/c27-21-11-6-12-22(17-21)30-18-20(16-25(30)31)26-28-23-13-4-5-14-24(23)29(26)15-7-10-19-8-2-1-3-9-19/h1-14,17,20H,15-16,18H2. The molecule has 1 unspecified atom stereocenters. The van der Waals surface area contributed by atoms with E-state index in [0.717, 1.165) is 28.1 Å². The van der Waals surface area contributed by atoms with Crippen molar-refractivity contribution >= 4 is 40.3 Å². The molecule has 5 heteroatoms. The van der Waals surface area contributed by atoms with E-state index in [1.165, 1.54) is 0 Å². The molecule has 3 aromatic carbocycles. The lowest BCUT2D eigenvalue weighted by Crippen LogP contribution is -2.24. The van der Waals surface area contributed by atoms with Gasteiger partial charge in [0.2, 0.25) is 5.91 Å². The summed E-state index contributed by atoms with van der Waals surface area (Å²) in [4.78, 5) is 19.6. The Morgan fingerprint density at radius 2 is 1.81 bits per heavy atom. The average molecular weight is 428 g/mol. The van der Waals surface area contributed by atoms with Crippen molar-refractivity contribution < 1.29 is 4.79 Å². The molecule has 31 heavy (non-hydrogen) atoms. The fraction of sp³-hybridized carbons (Fsp3) is 0.154. The van der Waals surface area contributed by atoms with Crippen molar-refractivity contribution in [2.24, 2.45) is 0 Å². The number of para-hydroxylation sites is 2. The van der Waals surface area contributed by atoms with Crippen molar-refractivity contribution in [1.29, 1.82) is 0 Å². The number of amides is 1. The molecule has 1 aliphatic rings. The highest BCUT2D eigenvalue weighted by Gasteiger charge is 2.34. The molecule has 5 rings (SSSR count). The van der Waals surface area contributed by atoms with E-state index in [-0.39, 0.29) is 11.8 Å². The normalized spacial score (nSPS) is 16.6. The molecule has 4 nitrogen and oxygen atoms in total. The Balaban J connectivity index is 1.46. The van der Waals surface area contributed by atoms with E-state index in [1.54, 1.807) is 0 Å². The number of imidazole rings is 1. The summed E-state index contributed by atoms with van der Waals surface area (Å²) in [7, 11) is 0. The fourth-order valence-electron chi connectivity index (χ4n) is 4.23. The Hall–Kier alpha value is -3.37. The number of carbonyl (C=O) groups excluding carboxylic acids is 1. The van der Waals surface area contributed by atoms with Crippen LogP contribution in [0.3, 0.4) is 0 Å². The summed E-state index contributed by atoms with van der Waals surface area (Å²) < 4.78 is 2.23. The number of hydrogen-bond acceptors (Lipinski definition) is 2. The van der Waals surface area contributed by atoms with Crippen molar-refractivity contribution in [3.05, 3.63) is 101 Å². The number of allylic oxidation sites excluding steroid dienone is 1. The molecule has 1 atom stereocenters. The summed E-state index contributed by atoms with van der Waals surface area (Å²) >= 11 is 6.15. The van der Waals surface area contributed by atoms with Crippen LogP contribution < -0.4 is 4.90 Å². The van der Waals surface area contributed by atoms with Crippen molar-refractivity contribution in [2.45, 2.75) is 18.9 Å². The predicted octanol–water partition coefficient (Wildman–Crippen LogP) is 5.92. The number of halogens is 1. The van der Waals surface area contributed by atoms with Crippen molar-refractivity contribution in [1.82, 2.24) is 9.55 Å². The molecule has 2 heterocycles. The molecular formula is C26H22ClN3O. The Morgan fingerprint density at radius 1 is 1.00 bits per heavy atom. The van der Waals surface area contributed by atoms with Gasteiger partial charge in [0.25, 0.3) is 0 Å². The maximum absolute atomic E-state index is 12.8. The zero-order valence-corrected chi connectivity index (χ0v) is 17.7. The second kappa shape index (κ2) is 8.40. The van der Waals surface area contributed by atoms with Crippen LogP contribution in [0.4, 0.5) is 5.69 Å². The Kier molecular flexibility index (Phi) is 5.31. The maximum Gasteiger partial charge on any atom is 0.227 e. The zero-order chi connectivity index (χ0) is 21.2. The fourth-order valence-corrected chi connectivity index (χ4v) is 4.41. The van der Waals surface area contributed by atoms with E-state index < -0.39 is 0 Å². The third-order valence-corrected chi connectivity index (χ3v) is 5.93. The van der Waals surface area contributed by atoms with Gasteiger partial charge >= 0.3 is 0 Å². The molecule has 0 N–H and O–H groups in total. The van der Waals surface area contributed by atoms with Crippen LogP contribution in [0, 0.1) is 0 Å². The van der Waals surface area contributed by atoms with Gasteiger partial charge in [-0.05, 0) is 35.9 Å². The van der Waals surface area contributed by atoms with Crippen LogP contribution in [0.5, 0.6) is 0 Å². The third kappa shape index (κ3) is 3.99. The van der Waals surface area contributed by atoms with Gasteiger partial charge in [-0.25, -0.2) is 4.98 Å². The first kappa shape index (κ1) is 19.6. The Morgan fingerprint density at radius 3 is 2.65 bits per heavy atom. The Labute approximate surface area is 186 Å². The molecule has 1 fully saturated rings. The maximum atomic E-state index is 12.8. The number of rotatable bonds is 5. The number of fused-ring (bicyclic) bond motifs is 1. The minimum atomic E-state index is 0.0315. The number of anilines is 1. The number of carbonyl (C=O) groups is 1. The summed E-state index contributed by atoms with van der Waals surface area (Å²) in [6, 6.07) is 25.9. The summed E-state index contributed by atoms with van der Waals surface area (Å²) in [5.41, 5.74) is 4.05. The lowest BCUT2D eigenvalue weighted by Gasteiger charge is -2.17. The van der Waals surface area contributed by atoms with Crippen LogP contribution in [0.25, 0.3) is 17.1 Å². The van der Waals surface area contributed by atoms with Gasteiger partial charge in [-0.2, -0.15) is 0 Å². The summed E-state index contributed by atoms with van der Waals surface area (Å²) in [5, 5.41) is 0.632. The predicted molar refractivity (Wildman–Crippen MR) is 126 cm³/mol. The van der Waals surface area contributed by atoms with E-state index in [4.69, 9.17) is 16.6 Å². The van der Waals surface area contributed by atoms with Crippen molar-refractivity contribution in [3.63, 3.8) is 0 Å². The molecule has 4 aromatic rings. The molecular weight excluding hydrogens is 406 g/mol. The topological polar surface area (TPSA) is 38.1 Å². The van der Waals surface area contributed by atoms with Gasteiger partial charge in [-0.3, -0.25) is 4.79 Å². The van der Waals surface area contributed by atoms with Crippen molar-refractivity contribution in [3.8, 4) is 0 Å². The van der Waals surface area contributed by atoms with E-state index in [0.29, 0.717) is 24.5 Å². The van der Waals surface area contributed by atoms with Crippen LogP contribution in [0.1, 0.15) is 23.7 Å². The highest BCUT2D eigenvalue weighted by atomic mass is 35.5. The first-order valence-electron chi connectivity index (χ1n) is 10.4. The molecule has 0 saturated carbocycles. The van der Waals surface area contributed by atoms with Gasteiger partial charge < -0.3 is 9.47 Å². The van der Waals surface area contributed by atoms with E-state index in [1.807, 2.05) is 65.6 Å². The second-order valence-corrected chi connectivity index (χ2v) is 8.20. The zero-order valence-electron chi connectivity index (χ0n) is 17.0. The number of hydrogen-bond donors (Lipinski definition) is 0. The SMILES string of the molecule is O=C1CC(c2nc3ccccc3n2CC=Cc2ccccc2)CN1c1cccc(Cl)c1. The van der Waals surface area contributed by atoms with Gasteiger partial charge in [-0.15, -0.1) is 0 Å². The minimum absolute atomic E-state index is 0.0315. The number of benzene rings is 3. The van der Waals surface area contributed by atoms with Crippen LogP contribution in [0.15, 0.2) is 84.9 Å². The third-order valence-electron chi connectivity index (χ3n) is 5.69. The lowest BCUT2D eigenvalue weighted by molar-refractivity contribution is -0.117. The van der Waals surface area contributed by atoms with Crippen LogP contribution in [-0.2, 0) is 11.3 Å². The number of nitrogens with zero attached hydrogens (tertiary/aromatic N) is 3. The Bertz CT molecular complexity index is 1260. The molecule has 1 amide bonds. The number of aromatic nitrogens is 2. The van der Waals surface area contributed by atoms with Gasteiger partial charge in [0, 0.05) is 36.1 Å². The lowest BCUT2D eigenvalue weighted by atomic mass is 10.1. The largest absolute Gasteiger partial charge is 0.324 e. The van der Waals surface area contributed by atoms with Crippen LogP contribution >= 0.6 is 11.6 Å². The van der Waals surface area contributed by atoms with E-state index in [2.05, 4.69) is 34.9 Å². The molecule has 154 valence electrons. The molecule has 1 saturated heterocycles. The first-order chi connectivity index (χ1) is 15.2. The molecule has 1 aliphatic heterocycles. The quantitative estimate of drug-likeness (QED) is 0.396. The highest BCUT2D eigenvalue weighted by Crippen LogP contribution is 2.34. The van der Waals surface area contributed by atoms with Crippen molar-refractivity contribution in [2.75, 3.05) is 11.4 Å². The highest BCUT2D eigenvalue weighted by molar-refractivity contribution is 6.30. The van der Waals surface area contributed by atoms with Gasteiger partial charge in [-0.1, -0.05) is 72.3 Å². The first-order valence-corrected chi connectivity index (χ1v) is 10.8. The second-order valence-electron chi connectivity index (χ2n) is 7.77. The average Bonchev–Trinajstić information content (AvgIpc) is 3.35. The van der Waals surface area contributed by atoms with Crippen LogP contribution in [0.2, 0.25) is 5.02 Å². The van der Waals surface area contributed by atoms with Gasteiger partial charge in [0.05, 0.1) is 11.0 Å². The molecule has 0 aliphatic carbocycles. The molecule has 0 radical (unpaired) electrons. The molecule has 1 aromatic heterocycles. The van der Waals surface area contributed by atoms with E-state index >= 15 is 0 Å². The summed E-state index contributed by atoms with van der Waals surface area (Å²) in [6.45, 7) is 1.30. The smallest absolute Gasteiger partial charge is 0.227 e. The summed E-state index contributed by atoms with van der Waals surface area (Å²) in [6.07, 6.45) is 4.72. The van der Waals surface area contributed by atoms with E-state index in [9.17, 15) is 4.79 Å². The van der Waals surface area contributed by atoms with Gasteiger partial charge in [0.15, 0.2) is 0 Å². The summed E-state index contributed by atoms with van der Waals surface area (Å²) in [5.74, 6) is 1.09.